The first-order valence-electron chi connectivity index (χ1n) is 7.81. The van der Waals surface area contributed by atoms with Gasteiger partial charge >= 0.3 is 0 Å². The molecule has 1 N–H and O–H groups in total. The summed E-state index contributed by atoms with van der Waals surface area (Å²) in [5, 5.41) is 8.41. The number of hydrogen-bond donors (Lipinski definition) is 1. The third-order valence-corrected chi connectivity index (χ3v) is 4.57. The van der Waals surface area contributed by atoms with E-state index in [0.29, 0.717) is 17.9 Å². The van der Waals surface area contributed by atoms with Crippen molar-refractivity contribution in [3.05, 3.63) is 16.9 Å². The van der Waals surface area contributed by atoms with Crippen molar-refractivity contribution in [2.24, 2.45) is 5.92 Å². The molecule has 3 nitrogen and oxygen atoms in total. The number of aromatic nitrogens is 2. The average Bonchev–Trinajstić information content (AvgIpc) is 2.82. The Bertz CT molecular complexity index is 452. The first kappa shape index (κ1) is 16.7. The Hall–Kier alpha value is -0.680. The van der Waals surface area contributed by atoms with Crippen molar-refractivity contribution in [3.8, 4) is 0 Å². The highest BCUT2D eigenvalue weighted by Gasteiger charge is 2.39. The number of nitrogens with one attached hydrogen (secondary N) is 1. The molecule has 1 atom stereocenters. The van der Waals surface area contributed by atoms with Crippen molar-refractivity contribution in [2.45, 2.75) is 64.5 Å². The van der Waals surface area contributed by atoms with E-state index in [-0.39, 0.29) is 24.8 Å². The lowest BCUT2D eigenvalue weighted by Gasteiger charge is -2.34. The van der Waals surface area contributed by atoms with Crippen LogP contribution in [0.4, 0.5) is 8.78 Å². The fourth-order valence-corrected chi connectivity index (χ4v) is 3.37. The van der Waals surface area contributed by atoms with Crippen LogP contribution < -0.4 is 5.32 Å². The maximum absolute atomic E-state index is 13.4. The van der Waals surface area contributed by atoms with Crippen molar-refractivity contribution in [3.63, 3.8) is 0 Å². The van der Waals surface area contributed by atoms with Crippen LogP contribution in [0, 0.1) is 5.92 Å². The molecule has 6 heteroatoms. The lowest BCUT2D eigenvalue weighted by molar-refractivity contribution is -0.0500. The van der Waals surface area contributed by atoms with Crippen LogP contribution in [0.15, 0.2) is 6.20 Å². The zero-order valence-electron chi connectivity index (χ0n) is 12.7. The van der Waals surface area contributed by atoms with Gasteiger partial charge in [0.15, 0.2) is 0 Å². The third kappa shape index (κ3) is 3.95. The van der Waals surface area contributed by atoms with E-state index in [4.69, 9.17) is 11.6 Å². The summed E-state index contributed by atoms with van der Waals surface area (Å²) < 4.78 is 28.7. The predicted molar refractivity (Wildman–Crippen MR) is 80.9 cm³/mol. The molecule has 0 amide bonds. The monoisotopic (exact) mass is 319 g/mol. The van der Waals surface area contributed by atoms with Crippen LogP contribution in [0.2, 0.25) is 5.02 Å². The molecular weight excluding hydrogens is 296 g/mol. The quantitative estimate of drug-likeness (QED) is 0.841. The minimum atomic E-state index is -2.50. The molecule has 0 radical (unpaired) electrons. The second-order valence-corrected chi connectivity index (χ2v) is 6.23. The van der Waals surface area contributed by atoms with Crippen LogP contribution in [0.25, 0.3) is 0 Å². The number of hydrogen-bond acceptors (Lipinski definition) is 2. The molecule has 120 valence electrons. The number of alkyl halides is 2. The summed E-state index contributed by atoms with van der Waals surface area (Å²) >= 11 is 6.30. The molecule has 0 spiro atoms. The maximum Gasteiger partial charge on any atom is 0.248 e. The smallest absolute Gasteiger partial charge is 0.248 e. The first-order chi connectivity index (χ1) is 9.98. The second-order valence-electron chi connectivity index (χ2n) is 5.82. The Morgan fingerprint density at radius 2 is 2.10 bits per heavy atom. The van der Waals surface area contributed by atoms with Gasteiger partial charge in [-0.3, -0.25) is 4.68 Å². The average molecular weight is 320 g/mol. The largest absolute Gasteiger partial charge is 0.308 e. The summed E-state index contributed by atoms with van der Waals surface area (Å²) in [6, 6.07) is 0.0102. The second kappa shape index (κ2) is 7.05. The van der Waals surface area contributed by atoms with Gasteiger partial charge in [0.25, 0.3) is 0 Å². The van der Waals surface area contributed by atoms with E-state index >= 15 is 0 Å². The van der Waals surface area contributed by atoms with Crippen LogP contribution in [0.1, 0.15) is 57.7 Å². The van der Waals surface area contributed by atoms with Crippen LogP contribution in [-0.4, -0.2) is 22.2 Å². The molecular formula is C15H24ClF2N3. The van der Waals surface area contributed by atoms with Gasteiger partial charge < -0.3 is 5.32 Å². The minimum absolute atomic E-state index is 0.0102. The standard InChI is InChI=1S/C15H24ClF2N3/c1-3-9-19-13(11-5-7-15(17,18)8-6-11)14-12(16)10-20-21(14)4-2/h10-11,13,19H,3-9H2,1-2H3. The highest BCUT2D eigenvalue weighted by Crippen LogP contribution is 2.42. The SMILES string of the molecule is CCCNC(c1c(Cl)cnn1CC)C1CCC(F)(F)CC1. The van der Waals surface area contributed by atoms with Gasteiger partial charge in [-0.05, 0) is 38.6 Å². The molecule has 1 unspecified atom stereocenters. The van der Waals surface area contributed by atoms with Gasteiger partial charge in [-0.2, -0.15) is 5.10 Å². The molecule has 0 aliphatic heterocycles. The van der Waals surface area contributed by atoms with Crippen molar-refractivity contribution in [1.29, 1.82) is 0 Å². The Balaban J connectivity index is 2.20. The van der Waals surface area contributed by atoms with Crippen molar-refractivity contribution >= 4 is 11.6 Å². The van der Waals surface area contributed by atoms with Gasteiger partial charge in [0.2, 0.25) is 5.92 Å². The molecule has 1 aromatic heterocycles. The number of aryl methyl sites for hydroxylation is 1. The molecule has 0 aromatic carbocycles. The lowest BCUT2D eigenvalue weighted by atomic mass is 9.81. The summed E-state index contributed by atoms with van der Waals surface area (Å²) in [7, 11) is 0. The first-order valence-corrected chi connectivity index (χ1v) is 8.18. The van der Waals surface area contributed by atoms with Gasteiger partial charge in [0, 0.05) is 19.4 Å². The van der Waals surface area contributed by atoms with Crippen molar-refractivity contribution in [1.82, 2.24) is 15.1 Å². The Labute approximate surface area is 130 Å². The molecule has 1 aliphatic rings. The van der Waals surface area contributed by atoms with Gasteiger partial charge in [-0.15, -0.1) is 0 Å². The maximum atomic E-state index is 13.4. The predicted octanol–water partition coefficient (Wildman–Crippen LogP) is 4.42. The van der Waals surface area contributed by atoms with Gasteiger partial charge in [0.1, 0.15) is 0 Å². The fourth-order valence-electron chi connectivity index (χ4n) is 3.12. The molecule has 0 bridgehead atoms. The molecule has 2 rings (SSSR count). The van der Waals surface area contributed by atoms with E-state index < -0.39 is 5.92 Å². The summed E-state index contributed by atoms with van der Waals surface area (Å²) in [6.07, 6.45) is 3.65. The summed E-state index contributed by atoms with van der Waals surface area (Å²) in [5.74, 6) is -2.31. The third-order valence-electron chi connectivity index (χ3n) is 4.27. The summed E-state index contributed by atoms with van der Waals surface area (Å²) in [5.41, 5.74) is 0.947. The lowest BCUT2D eigenvalue weighted by Crippen LogP contribution is -2.35. The van der Waals surface area contributed by atoms with Crippen LogP contribution in [0.5, 0.6) is 0 Å². The summed E-state index contributed by atoms with van der Waals surface area (Å²) in [6.45, 7) is 5.69. The molecule has 0 saturated heterocycles. The van der Waals surface area contributed by atoms with Gasteiger partial charge in [-0.1, -0.05) is 18.5 Å². The highest BCUT2D eigenvalue weighted by atomic mass is 35.5. The number of rotatable bonds is 6. The Morgan fingerprint density at radius 1 is 1.43 bits per heavy atom. The molecule has 1 heterocycles. The zero-order valence-corrected chi connectivity index (χ0v) is 13.5. The zero-order chi connectivity index (χ0) is 15.5. The van der Waals surface area contributed by atoms with Gasteiger partial charge in [0.05, 0.1) is 23.0 Å². The highest BCUT2D eigenvalue weighted by molar-refractivity contribution is 6.31. The van der Waals surface area contributed by atoms with Crippen LogP contribution in [0.3, 0.4) is 0 Å². The molecule has 1 aliphatic carbocycles. The van der Waals surface area contributed by atoms with E-state index in [1.165, 1.54) is 0 Å². The minimum Gasteiger partial charge on any atom is -0.308 e. The van der Waals surface area contributed by atoms with E-state index in [0.717, 1.165) is 25.2 Å². The molecule has 21 heavy (non-hydrogen) atoms. The molecule has 1 aromatic rings. The van der Waals surface area contributed by atoms with Gasteiger partial charge in [-0.25, -0.2) is 8.78 Å². The van der Waals surface area contributed by atoms with Crippen LogP contribution in [-0.2, 0) is 6.54 Å². The molecule has 1 fully saturated rings. The number of halogens is 3. The van der Waals surface area contributed by atoms with Crippen molar-refractivity contribution < 1.29 is 8.78 Å². The summed E-state index contributed by atoms with van der Waals surface area (Å²) in [4.78, 5) is 0. The van der Waals surface area contributed by atoms with E-state index in [1.54, 1.807) is 6.20 Å². The van der Waals surface area contributed by atoms with E-state index in [9.17, 15) is 8.78 Å². The van der Waals surface area contributed by atoms with E-state index in [1.807, 2.05) is 11.6 Å². The fraction of sp³-hybridized carbons (Fsp3) is 0.800. The normalized spacial score (nSPS) is 20.6. The Morgan fingerprint density at radius 3 is 2.67 bits per heavy atom. The number of nitrogens with zero attached hydrogens (tertiary/aromatic N) is 2. The topological polar surface area (TPSA) is 29.9 Å². The van der Waals surface area contributed by atoms with Crippen molar-refractivity contribution in [2.75, 3.05) is 6.54 Å². The van der Waals surface area contributed by atoms with E-state index in [2.05, 4.69) is 17.3 Å². The van der Waals surface area contributed by atoms with Crippen LogP contribution >= 0.6 is 11.6 Å². The molecule has 1 saturated carbocycles. The Kier molecular flexibility index (Phi) is 5.60.